The fourth-order valence-corrected chi connectivity index (χ4v) is 3.91. The minimum atomic E-state index is -1.21. The van der Waals surface area contributed by atoms with Crippen molar-refractivity contribution in [3.05, 3.63) is 28.8 Å². The van der Waals surface area contributed by atoms with Gasteiger partial charge in [-0.25, -0.2) is 4.79 Å². The summed E-state index contributed by atoms with van der Waals surface area (Å²) in [7, 11) is 0. The second-order valence-electron chi connectivity index (χ2n) is 7.98. The van der Waals surface area contributed by atoms with Crippen LogP contribution in [0, 0.1) is 0 Å². The first-order valence-corrected chi connectivity index (χ1v) is 11.7. The topological polar surface area (TPSA) is 46.5 Å². The average molecular weight is 391 g/mol. The highest BCUT2D eigenvalue weighted by Gasteiger charge is 2.16. The maximum Gasteiger partial charge on any atom is 0.511 e. The van der Waals surface area contributed by atoms with Crippen molar-refractivity contribution in [3.63, 3.8) is 0 Å². The molecule has 0 atom stereocenters. The SMILES string of the molecule is CCCCCCCc1c(CCCC)ccc(OC(=O)O)c1CCCCCCC. The molecule has 0 aromatic heterocycles. The van der Waals surface area contributed by atoms with Crippen LogP contribution in [0.3, 0.4) is 0 Å². The van der Waals surface area contributed by atoms with Crippen molar-refractivity contribution in [1.29, 1.82) is 0 Å². The van der Waals surface area contributed by atoms with Crippen LogP contribution in [-0.2, 0) is 19.3 Å². The minimum absolute atomic E-state index is 0.562. The summed E-state index contributed by atoms with van der Waals surface area (Å²) in [5, 5.41) is 9.19. The maximum absolute atomic E-state index is 11.2. The van der Waals surface area contributed by atoms with E-state index < -0.39 is 6.16 Å². The van der Waals surface area contributed by atoms with Crippen LogP contribution in [0.5, 0.6) is 5.75 Å². The van der Waals surface area contributed by atoms with Gasteiger partial charge in [0.25, 0.3) is 0 Å². The van der Waals surface area contributed by atoms with E-state index in [0.29, 0.717) is 5.75 Å². The first-order valence-electron chi connectivity index (χ1n) is 11.7. The molecule has 1 aromatic rings. The Morgan fingerprint density at radius 2 is 1.25 bits per heavy atom. The predicted octanol–water partition coefficient (Wildman–Crippen LogP) is 8.11. The van der Waals surface area contributed by atoms with Crippen LogP contribution in [0.4, 0.5) is 4.79 Å². The summed E-state index contributed by atoms with van der Waals surface area (Å²) >= 11 is 0. The van der Waals surface area contributed by atoms with Gasteiger partial charge < -0.3 is 9.84 Å². The molecule has 1 N–H and O–H groups in total. The first-order chi connectivity index (χ1) is 13.6. The molecule has 0 aliphatic carbocycles. The Hall–Kier alpha value is -1.51. The number of hydrogen-bond acceptors (Lipinski definition) is 2. The van der Waals surface area contributed by atoms with Crippen molar-refractivity contribution in [2.75, 3.05) is 0 Å². The van der Waals surface area contributed by atoms with Crippen LogP contribution >= 0.6 is 0 Å². The molecule has 0 saturated carbocycles. The quantitative estimate of drug-likeness (QED) is 0.176. The van der Waals surface area contributed by atoms with E-state index in [1.165, 1.54) is 81.8 Å². The summed E-state index contributed by atoms with van der Waals surface area (Å²) in [6, 6.07) is 4.00. The Bertz CT molecular complexity index is 551. The molecule has 0 fully saturated rings. The molecule has 3 nitrogen and oxygen atoms in total. The molecule has 1 rings (SSSR count). The van der Waals surface area contributed by atoms with E-state index in [2.05, 4.69) is 26.8 Å². The van der Waals surface area contributed by atoms with Gasteiger partial charge in [0.1, 0.15) is 5.75 Å². The van der Waals surface area contributed by atoms with E-state index in [9.17, 15) is 9.90 Å². The van der Waals surface area contributed by atoms with Gasteiger partial charge in [-0.1, -0.05) is 84.6 Å². The van der Waals surface area contributed by atoms with Gasteiger partial charge in [0, 0.05) is 0 Å². The van der Waals surface area contributed by atoms with Crippen molar-refractivity contribution in [3.8, 4) is 5.75 Å². The third kappa shape index (κ3) is 9.61. The smallest absolute Gasteiger partial charge is 0.449 e. The Morgan fingerprint density at radius 1 is 0.714 bits per heavy atom. The molecule has 0 aliphatic rings. The largest absolute Gasteiger partial charge is 0.511 e. The van der Waals surface area contributed by atoms with Gasteiger partial charge in [-0.15, -0.1) is 0 Å². The third-order valence-corrected chi connectivity index (χ3v) is 5.54. The van der Waals surface area contributed by atoms with Crippen LogP contribution in [0.1, 0.15) is 115 Å². The highest BCUT2D eigenvalue weighted by Crippen LogP contribution is 2.31. The molecule has 0 bridgehead atoms. The maximum atomic E-state index is 11.2. The van der Waals surface area contributed by atoms with Crippen molar-refractivity contribution in [2.24, 2.45) is 0 Å². The molecule has 0 unspecified atom stereocenters. The van der Waals surface area contributed by atoms with E-state index >= 15 is 0 Å². The van der Waals surface area contributed by atoms with E-state index in [1.54, 1.807) is 0 Å². The molecule has 3 heteroatoms. The lowest BCUT2D eigenvalue weighted by Gasteiger charge is -2.18. The first kappa shape index (κ1) is 24.5. The summed E-state index contributed by atoms with van der Waals surface area (Å²) in [4.78, 5) is 11.2. The Balaban J connectivity index is 2.99. The van der Waals surface area contributed by atoms with Crippen LogP contribution < -0.4 is 4.74 Å². The van der Waals surface area contributed by atoms with E-state index in [0.717, 1.165) is 31.2 Å². The highest BCUT2D eigenvalue weighted by atomic mass is 16.7. The predicted molar refractivity (Wildman–Crippen MR) is 119 cm³/mol. The monoisotopic (exact) mass is 390 g/mol. The van der Waals surface area contributed by atoms with Crippen LogP contribution in [0.2, 0.25) is 0 Å². The number of unbranched alkanes of at least 4 members (excludes halogenated alkanes) is 9. The van der Waals surface area contributed by atoms with Gasteiger partial charge in [-0.3, -0.25) is 0 Å². The van der Waals surface area contributed by atoms with E-state index in [4.69, 9.17) is 4.74 Å². The molecule has 28 heavy (non-hydrogen) atoms. The summed E-state index contributed by atoms with van der Waals surface area (Å²) in [6.45, 7) is 6.69. The van der Waals surface area contributed by atoms with Crippen molar-refractivity contribution in [2.45, 2.75) is 117 Å². The highest BCUT2D eigenvalue weighted by molar-refractivity contribution is 5.63. The summed E-state index contributed by atoms with van der Waals surface area (Å²) in [5.41, 5.74) is 3.93. The standard InChI is InChI=1S/C25H42O3/c1-4-7-10-12-14-17-22-21(16-9-6-3)19-20-24(28-25(26)27)23(22)18-15-13-11-8-5-2/h19-20H,4-18H2,1-3H3,(H,26,27). The Labute approximate surface area is 172 Å². The lowest BCUT2D eigenvalue weighted by atomic mass is 9.89. The van der Waals surface area contributed by atoms with Gasteiger partial charge in [-0.05, 0) is 61.3 Å². The Morgan fingerprint density at radius 3 is 1.79 bits per heavy atom. The molecule has 0 spiro atoms. The molecule has 0 amide bonds. The molecule has 0 radical (unpaired) electrons. The number of hydrogen-bond donors (Lipinski definition) is 1. The summed E-state index contributed by atoms with van der Waals surface area (Å²) in [6.07, 6.45) is 16.6. The second-order valence-corrected chi connectivity index (χ2v) is 7.98. The van der Waals surface area contributed by atoms with Gasteiger partial charge in [0.15, 0.2) is 0 Å². The van der Waals surface area contributed by atoms with Crippen LogP contribution in [-0.4, -0.2) is 11.3 Å². The van der Waals surface area contributed by atoms with Gasteiger partial charge in [0.2, 0.25) is 0 Å². The summed E-state index contributed by atoms with van der Waals surface area (Å²) in [5.74, 6) is 0.562. The van der Waals surface area contributed by atoms with Crippen molar-refractivity contribution in [1.82, 2.24) is 0 Å². The lowest BCUT2D eigenvalue weighted by molar-refractivity contribution is 0.144. The fraction of sp³-hybridized carbons (Fsp3) is 0.720. The molecular formula is C25H42O3. The number of carboxylic acid groups (broad SMARTS) is 1. The van der Waals surface area contributed by atoms with E-state index in [-0.39, 0.29) is 0 Å². The number of benzene rings is 1. The van der Waals surface area contributed by atoms with Gasteiger partial charge in [0.05, 0.1) is 0 Å². The number of rotatable bonds is 16. The van der Waals surface area contributed by atoms with Gasteiger partial charge >= 0.3 is 6.16 Å². The average Bonchev–Trinajstić information content (AvgIpc) is 2.67. The molecule has 0 aliphatic heterocycles. The molecular weight excluding hydrogens is 348 g/mol. The summed E-state index contributed by atoms with van der Waals surface area (Å²) < 4.78 is 5.19. The van der Waals surface area contributed by atoms with Crippen LogP contribution in [0.15, 0.2) is 12.1 Å². The van der Waals surface area contributed by atoms with Gasteiger partial charge in [-0.2, -0.15) is 0 Å². The third-order valence-electron chi connectivity index (χ3n) is 5.54. The van der Waals surface area contributed by atoms with Crippen LogP contribution in [0.25, 0.3) is 0 Å². The second kappa shape index (κ2) is 15.4. The number of ether oxygens (including phenoxy) is 1. The van der Waals surface area contributed by atoms with E-state index in [1.807, 2.05) is 6.07 Å². The Kier molecular flexibility index (Phi) is 13.5. The van der Waals surface area contributed by atoms with Crippen molar-refractivity contribution < 1.29 is 14.6 Å². The zero-order chi connectivity index (χ0) is 20.6. The van der Waals surface area contributed by atoms with Crippen molar-refractivity contribution >= 4 is 6.16 Å². The fourth-order valence-electron chi connectivity index (χ4n) is 3.91. The molecule has 0 saturated heterocycles. The molecule has 160 valence electrons. The number of carbonyl (C=O) groups is 1. The zero-order valence-corrected chi connectivity index (χ0v) is 18.5. The lowest BCUT2D eigenvalue weighted by Crippen LogP contribution is -2.09. The molecule has 1 aromatic carbocycles. The number of aryl methyl sites for hydroxylation is 1. The zero-order valence-electron chi connectivity index (χ0n) is 18.5. The normalized spacial score (nSPS) is 11.0. The minimum Gasteiger partial charge on any atom is -0.449 e. The molecule has 0 heterocycles.